The Bertz CT molecular complexity index is 1430. The molecule has 0 radical (unpaired) electrons. The average Bonchev–Trinajstić information content (AvgIpc) is 3.09. The maximum absolute atomic E-state index is 13.9. The lowest BCUT2D eigenvalue weighted by Crippen LogP contribution is -2.53. The van der Waals surface area contributed by atoms with Gasteiger partial charge in [0.1, 0.15) is 16.8 Å². The molecule has 0 saturated heterocycles. The van der Waals surface area contributed by atoms with Crippen LogP contribution in [0.5, 0.6) is 0 Å². The van der Waals surface area contributed by atoms with Crippen LogP contribution in [0.4, 0.5) is 11.4 Å². The summed E-state index contributed by atoms with van der Waals surface area (Å²) in [5.41, 5.74) is 6.34. The van der Waals surface area contributed by atoms with Gasteiger partial charge in [0.25, 0.3) is 0 Å². The van der Waals surface area contributed by atoms with E-state index in [1.807, 2.05) is 0 Å². The van der Waals surface area contributed by atoms with Gasteiger partial charge in [0.15, 0.2) is 5.78 Å². The molecular formula is C25H19Cl4N3O4. The Labute approximate surface area is 226 Å². The van der Waals surface area contributed by atoms with Crippen LogP contribution in [0.2, 0.25) is 20.1 Å². The lowest BCUT2D eigenvalue weighted by molar-refractivity contribution is -0.140. The number of Topliss-reactive ketones (excluding diaryl/α,β-unsaturated/α-hetero) is 1. The van der Waals surface area contributed by atoms with Crippen molar-refractivity contribution in [3.05, 3.63) is 78.7 Å². The Balaban J connectivity index is 1.92. The van der Waals surface area contributed by atoms with E-state index < -0.39 is 17.3 Å². The van der Waals surface area contributed by atoms with E-state index in [9.17, 15) is 14.4 Å². The van der Waals surface area contributed by atoms with Gasteiger partial charge >= 0.3 is 5.97 Å². The summed E-state index contributed by atoms with van der Waals surface area (Å²) >= 11 is 25.3. The van der Waals surface area contributed by atoms with E-state index in [1.165, 1.54) is 17.0 Å². The number of nitrogens with one attached hydrogen (secondary N) is 1. The second kappa shape index (κ2) is 8.99. The summed E-state index contributed by atoms with van der Waals surface area (Å²) < 4.78 is 5.37. The third-order valence-corrected chi connectivity index (χ3v) is 7.85. The van der Waals surface area contributed by atoms with Crippen molar-refractivity contribution in [1.82, 2.24) is 0 Å². The number of ketones is 1. The molecule has 0 fully saturated rings. The highest BCUT2D eigenvalue weighted by Gasteiger charge is 2.62. The molecule has 0 saturated carbocycles. The average molecular weight is 567 g/mol. The zero-order chi connectivity index (χ0) is 25.9. The number of hydrogen-bond acceptors (Lipinski definition) is 6. The fraction of sp³-hybridized carbons (Fsp3) is 0.240. The number of amides is 1. The van der Waals surface area contributed by atoms with Crippen molar-refractivity contribution in [3.63, 3.8) is 0 Å². The third-order valence-electron chi connectivity index (χ3n) is 6.59. The fourth-order valence-electron chi connectivity index (χ4n) is 5.24. The molecule has 3 aliphatic rings. The number of carbonyl (C=O) groups excluding carboxylic acids is 3. The first-order valence-electron chi connectivity index (χ1n) is 11.1. The number of anilines is 2. The van der Waals surface area contributed by atoms with E-state index in [0.717, 1.165) is 0 Å². The molecule has 2 aromatic rings. The molecule has 1 unspecified atom stereocenters. The van der Waals surface area contributed by atoms with Crippen LogP contribution in [-0.4, -0.2) is 24.3 Å². The summed E-state index contributed by atoms with van der Waals surface area (Å²) in [5.74, 6) is -1.84. The molecule has 36 heavy (non-hydrogen) atoms. The predicted molar refractivity (Wildman–Crippen MR) is 139 cm³/mol. The smallest absolute Gasteiger partial charge is 0.339 e. The number of esters is 1. The number of halogens is 4. The van der Waals surface area contributed by atoms with E-state index in [0.29, 0.717) is 40.5 Å². The summed E-state index contributed by atoms with van der Waals surface area (Å²) in [6.45, 7) is 1.65. The van der Waals surface area contributed by atoms with Crippen LogP contribution in [0.1, 0.15) is 31.7 Å². The van der Waals surface area contributed by atoms with Gasteiger partial charge in [-0.15, -0.1) is 0 Å². The van der Waals surface area contributed by atoms with Gasteiger partial charge in [-0.05, 0) is 50.1 Å². The third kappa shape index (κ3) is 3.44. The lowest BCUT2D eigenvalue weighted by atomic mass is 9.63. The highest BCUT2D eigenvalue weighted by molar-refractivity contribution is 6.44. The molecule has 5 rings (SSSR count). The van der Waals surface area contributed by atoms with Crippen LogP contribution >= 0.6 is 46.4 Å². The minimum absolute atomic E-state index is 0.0170. The summed E-state index contributed by atoms with van der Waals surface area (Å²) in [4.78, 5) is 42.6. The minimum Gasteiger partial charge on any atom is -0.462 e. The van der Waals surface area contributed by atoms with Gasteiger partial charge < -0.3 is 15.8 Å². The second-order valence-corrected chi connectivity index (χ2v) is 10.2. The SMILES string of the molecule is CCOC(=O)C1=C(N)N(c2cc(Cl)c(Cl)cc2Cl)C2=C(C(=O)CCC2)C12C(=O)Nc1ccc(Cl)cc12. The van der Waals surface area contributed by atoms with Gasteiger partial charge in [-0.2, -0.15) is 0 Å². The molecule has 1 amide bonds. The Morgan fingerprint density at radius 2 is 1.81 bits per heavy atom. The van der Waals surface area contributed by atoms with Crippen LogP contribution in [0.15, 0.2) is 53.0 Å². The van der Waals surface area contributed by atoms with Crippen molar-refractivity contribution in [3.8, 4) is 0 Å². The first-order valence-corrected chi connectivity index (χ1v) is 12.6. The molecular weight excluding hydrogens is 548 g/mol. The normalized spacial score (nSPS) is 21.1. The summed E-state index contributed by atoms with van der Waals surface area (Å²) in [6.07, 6.45) is 1.08. The van der Waals surface area contributed by atoms with E-state index in [-0.39, 0.29) is 50.8 Å². The molecule has 1 atom stereocenters. The largest absolute Gasteiger partial charge is 0.462 e. The molecule has 1 aliphatic carbocycles. The highest BCUT2D eigenvalue weighted by Crippen LogP contribution is 2.56. The first kappa shape index (κ1) is 25.0. The fourth-order valence-corrected chi connectivity index (χ4v) is 6.04. The monoisotopic (exact) mass is 565 g/mol. The number of fused-ring (bicyclic) bond motifs is 3. The number of ether oxygens (including phenoxy) is 1. The van der Waals surface area contributed by atoms with Crippen molar-refractivity contribution < 1.29 is 19.1 Å². The van der Waals surface area contributed by atoms with Crippen LogP contribution in [0, 0.1) is 0 Å². The van der Waals surface area contributed by atoms with Crippen molar-refractivity contribution in [2.24, 2.45) is 5.73 Å². The molecule has 3 N–H and O–H groups in total. The number of nitrogens with two attached hydrogens (primary N) is 1. The van der Waals surface area contributed by atoms with E-state index in [1.54, 1.807) is 25.1 Å². The molecule has 0 bridgehead atoms. The number of carbonyl (C=O) groups is 3. The maximum atomic E-state index is 13.9. The predicted octanol–water partition coefficient (Wildman–Crippen LogP) is 5.75. The molecule has 1 spiro atoms. The Kier molecular flexibility index (Phi) is 6.24. The number of benzene rings is 2. The van der Waals surface area contributed by atoms with Crippen molar-refractivity contribution in [2.45, 2.75) is 31.6 Å². The van der Waals surface area contributed by atoms with Crippen LogP contribution in [0.3, 0.4) is 0 Å². The van der Waals surface area contributed by atoms with E-state index in [2.05, 4.69) is 5.32 Å². The first-order chi connectivity index (χ1) is 17.1. The number of nitrogens with zero attached hydrogens (tertiary/aromatic N) is 1. The number of hydrogen-bond donors (Lipinski definition) is 2. The minimum atomic E-state index is -1.84. The molecule has 7 nitrogen and oxygen atoms in total. The quantitative estimate of drug-likeness (QED) is 0.362. The van der Waals surface area contributed by atoms with Crippen LogP contribution in [0.25, 0.3) is 0 Å². The standard InChI is InChI=1S/C25H19Cl4N3O4/c1-2-36-23(34)21-22(30)32(18-10-14(28)13(27)9-15(18)29)17-4-3-5-19(33)20(17)25(21)12-8-11(26)6-7-16(12)31-24(25)35/h6-10H,2-5,30H2,1H3,(H,31,35). The molecule has 2 aromatic carbocycles. The molecule has 2 aliphatic heterocycles. The highest BCUT2D eigenvalue weighted by atomic mass is 35.5. The van der Waals surface area contributed by atoms with Gasteiger partial charge in [0.2, 0.25) is 5.91 Å². The number of allylic oxidation sites excluding steroid dienone is 1. The van der Waals surface area contributed by atoms with Crippen molar-refractivity contribution in [2.75, 3.05) is 16.8 Å². The zero-order valence-electron chi connectivity index (χ0n) is 18.9. The van der Waals surface area contributed by atoms with Crippen LogP contribution in [-0.2, 0) is 24.5 Å². The Hall–Kier alpha value is -2.71. The second-order valence-electron chi connectivity index (χ2n) is 8.53. The lowest BCUT2D eigenvalue weighted by Gasteiger charge is -2.44. The van der Waals surface area contributed by atoms with E-state index in [4.69, 9.17) is 56.9 Å². The Morgan fingerprint density at radius 1 is 1.08 bits per heavy atom. The topological polar surface area (TPSA) is 102 Å². The van der Waals surface area contributed by atoms with Crippen LogP contribution < -0.4 is 16.0 Å². The van der Waals surface area contributed by atoms with Crippen molar-refractivity contribution in [1.29, 1.82) is 0 Å². The summed E-state index contributed by atoms with van der Waals surface area (Å²) in [5, 5.41) is 3.74. The molecule has 11 heteroatoms. The maximum Gasteiger partial charge on any atom is 0.339 e. The van der Waals surface area contributed by atoms with Gasteiger partial charge in [0.05, 0.1) is 27.4 Å². The molecule has 0 aromatic heterocycles. The Morgan fingerprint density at radius 3 is 2.53 bits per heavy atom. The van der Waals surface area contributed by atoms with Gasteiger partial charge in [-0.1, -0.05) is 46.4 Å². The van der Waals surface area contributed by atoms with E-state index >= 15 is 0 Å². The zero-order valence-corrected chi connectivity index (χ0v) is 21.9. The number of rotatable bonds is 3. The summed E-state index contributed by atoms with van der Waals surface area (Å²) in [6, 6.07) is 7.75. The molecule has 186 valence electrons. The van der Waals surface area contributed by atoms with Crippen molar-refractivity contribution >= 4 is 75.4 Å². The summed E-state index contributed by atoms with van der Waals surface area (Å²) in [7, 11) is 0. The van der Waals surface area contributed by atoms with Gasteiger partial charge in [0, 0.05) is 34.0 Å². The van der Waals surface area contributed by atoms with Gasteiger partial charge in [-0.25, -0.2) is 4.79 Å². The molecule has 2 heterocycles. The van der Waals surface area contributed by atoms with Gasteiger partial charge in [-0.3, -0.25) is 14.5 Å².